The number of hydrogen-bond acceptors (Lipinski definition) is 2. The normalized spacial score (nSPS) is 10.1. The number of benzene rings is 2. The molecule has 2 N–H and O–H groups in total. The van der Waals surface area contributed by atoms with Crippen LogP contribution < -0.4 is 5.32 Å². The van der Waals surface area contributed by atoms with Gasteiger partial charge < -0.3 is 10.4 Å². The summed E-state index contributed by atoms with van der Waals surface area (Å²) in [4.78, 5) is 22.8. The third-order valence-electron chi connectivity index (χ3n) is 2.91. The van der Waals surface area contributed by atoms with Gasteiger partial charge in [-0.25, -0.2) is 4.79 Å². The van der Waals surface area contributed by atoms with E-state index in [0.717, 1.165) is 5.56 Å². The van der Waals surface area contributed by atoms with Crippen LogP contribution in [-0.4, -0.2) is 17.0 Å². The largest absolute Gasteiger partial charge is 0.478 e. The van der Waals surface area contributed by atoms with E-state index in [2.05, 4.69) is 5.32 Å². The van der Waals surface area contributed by atoms with Gasteiger partial charge in [0.15, 0.2) is 0 Å². The minimum atomic E-state index is -1.03. The Kier molecular flexibility index (Phi) is 4.05. The number of halogens is 1. The van der Waals surface area contributed by atoms with Gasteiger partial charge in [0.1, 0.15) is 0 Å². The van der Waals surface area contributed by atoms with Gasteiger partial charge in [-0.15, -0.1) is 0 Å². The first-order chi connectivity index (χ1) is 9.49. The van der Waals surface area contributed by atoms with Crippen molar-refractivity contribution in [3.63, 3.8) is 0 Å². The van der Waals surface area contributed by atoms with Crippen LogP contribution in [0.15, 0.2) is 42.5 Å². The summed E-state index contributed by atoms with van der Waals surface area (Å²) < 4.78 is 0. The number of nitrogens with one attached hydrogen (secondary N) is 1. The van der Waals surface area contributed by atoms with Gasteiger partial charge in [-0.2, -0.15) is 0 Å². The average Bonchev–Trinajstić information content (AvgIpc) is 2.44. The fourth-order valence-electron chi connectivity index (χ4n) is 1.70. The number of carboxylic acids is 1. The van der Waals surface area contributed by atoms with Crippen LogP contribution in [0.2, 0.25) is 5.02 Å². The fraction of sp³-hybridized carbons (Fsp3) is 0.0667. The molecule has 0 bridgehead atoms. The molecule has 2 aromatic carbocycles. The van der Waals surface area contributed by atoms with Crippen molar-refractivity contribution in [2.45, 2.75) is 6.92 Å². The molecular weight excluding hydrogens is 278 g/mol. The van der Waals surface area contributed by atoms with Crippen molar-refractivity contribution in [2.24, 2.45) is 0 Å². The van der Waals surface area contributed by atoms with Crippen LogP contribution in [0.25, 0.3) is 0 Å². The Balaban J connectivity index is 2.20. The Labute approximate surface area is 121 Å². The molecule has 20 heavy (non-hydrogen) atoms. The molecule has 0 aromatic heterocycles. The monoisotopic (exact) mass is 289 g/mol. The average molecular weight is 290 g/mol. The maximum Gasteiger partial charge on any atom is 0.335 e. The van der Waals surface area contributed by atoms with Gasteiger partial charge in [0, 0.05) is 16.3 Å². The summed E-state index contributed by atoms with van der Waals surface area (Å²) in [6.45, 7) is 1.81. The zero-order valence-electron chi connectivity index (χ0n) is 10.7. The van der Waals surface area contributed by atoms with Crippen molar-refractivity contribution in [3.05, 3.63) is 64.2 Å². The van der Waals surface area contributed by atoms with E-state index in [0.29, 0.717) is 16.3 Å². The van der Waals surface area contributed by atoms with E-state index in [1.54, 1.807) is 18.2 Å². The zero-order chi connectivity index (χ0) is 14.7. The maximum absolute atomic E-state index is 12.1. The first-order valence-electron chi connectivity index (χ1n) is 5.89. The number of hydrogen-bond donors (Lipinski definition) is 2. The highest BCUT2D eigenvalue weighted by Crippen LogP contribution is 2.23. The predicted molar refractivity (Wildman–Crippen MR) is 77.5 cm³/mol. The maximum atomic E-state index is 12.1. The third kappa shape index (κ3) is 2.97. The van der Waals surface area contributed by atoms with Gasteiger partial charge in [-0.1, -0.05) is 17.7 Å². The van der Waals surface area contributed by atoms with E-state index < -0.39 is 5.97 Å². The molecule has 0 heterocycles. The second-order valence-corrected chi connectivity index (χ2v) is 4.66. The van der Waals surface area contributed by atoms with E-state index in [9.17, 15) is 9.59 Å². The van der Waals surface area contributed by atoms with Crippen LogP contribution in [0.3, 0.4) is 0 Å². The molecule has 0 spiro atoms. The van der Waals surface area contributed by atoms with Gasteiger partial charge >= 0.3 is 5.97 Å². The molecular formula is C15H12ClNO3. The number of aromatic carboxylic acids is 1. The van der Waals surface area contributed by atoms with Crippen molar-refractivity contribution in [1.29, 1.82) is 0 Å². The molecule has 1 amide bonds. The molecule has 0 fully saturated rings. The highest BCUT2D eigenvalue weighted by atomic mass is 35.5. The van der Waals surface area contributed by atoms with Gasteiger partial charge in [0.05, 0.1) is 5.56 Å². The zero-order valence-corrected chi connectivity index (χ0v) is 11.4. The number of anilines is 1. The Hall–Kier alpha value is -2.33. The Morgan fingerprint density at radius 1 is 1.05 bits per heavy atom. The van der Waals surface area contributed by atoms with E-state index >= 15 is 0 Å². The third-order valence-corrected chi connectivity index (χ3v) is 3.32. The summed E-state index contributed by atoms with van der Waals surface area (Å²) in [5.41, 5.74) is 1.93. The molecule has 2 aromatic rings. The number of rotatable bonds is 3. The minimum Gasteiger partial charge on any atom is -0.478 e. The van der Waals surface area contributed by atoms with Crippen LogP contribution in [0.5, 0.6) is 0 Å². The molecule has 0 unspecified atom stereocenters. The molecule has 2 rings (SSSR count). The lowest BCUT2D eigenvalue weighted by atomic mass is 10.1. The van der Waals surface area contributed by atoms with Crippen LogP contribution in [-0.2, 0) is 0 Å². The standard InChI is InChI=1S/C15H12ClNO3/c1-9-12(16)3-2-4-13(9)17-14(18)10-5-7-11(8-6-10)15(19)20/h2-8H,1H3,(H,17,18)(H,19,20). The van der Waals surface area contributed by atoms with Crippen molar-refractivity contribution in [3.8, 4) is 0 Å². The first kappa shape index (κ1) is 14.1. The second kappa shape index (κ2) is 5.75. The van der Waals surface area contributed by atoms with Crippen molar-refractivity contribution in [1.82, 2.24) is 0 Å². The van der Waals surface area contributed by atoms with Crippen LogP contribution >= 0.6 is 11.6 Å². The van der Waals surface area contributed by atoms with Gasteiger partial charge in [0.2, 0.25) is 0 Å². The molecule has 0 saturated carbocycles. The molecule has 5 heteroatoms. The predicted octanol–water partition coefficient (Wildman–Crippen LogP) is 3.60. The summed E-state index contributed by atoms with van der Waals surface area (Å²) in [6.07, 6.45) is 0. The second-order valence-electron chi connectivity index (χ2n) is 4.25. The molecule has 0 aliphatic rings. The van der Waals surface area contributed by atoms with Gasteiger partial charge in [-0.05, 0) is 48.9 Å². The summed E-state index contributed by atoms with van der Waals surface area (Å²) in [5, 5.41) is 12.1. The number of carboxylic acid groups (broad SMARTS) is 1. The number of carbonyl (C=O) groups is 2. The number of carbonyl (C=O) groups excluding carboxylic acids is 1. The molecule has 0 radical (unpaired) electrons. The van der Waals surface area contributed by atoms with E-state index in [4.69, 9.17) is 16.7 Å². The lowest BCUT2D eigenvalue weighted by molar-refractivity contribution is 0.0696. The molecule has 0 saturated heterocycles. The van der Waals surface area contributed by atoms with Crippen LogP contribution in [0.4, 0.5) is 5.69 Å². The van der Waals surface area contributed by atoms with Gasteiger partial charge in [0.25, 0.3) is 5.91 Å². The lowest BCUT2D eigenvalue weighted by Gasteiger charge is -2.09. The summed E-state index contributed by atoms with van der Waals surface area (Å²) >= 11 is 5.98. The van der Waals surface area contributed by atoms with Crippen molar-refractivity contribution < 1.29 is 14.7 Å². The van der Waals surface area contributed by atoms with Crippen molar-refractivity contribution in [2.75, 3.05) is 5.32 Å². The highest BCUT2D eigenvalue weighted by Gasteiger charge is 2.10. The summed E-state index contributed by atoms with van der Waals surface area (Å²) in [6, 6.07) is 11.0. The van der Waals surface area contributed by atoms with Crippen molar-refractivity contribution >= 4 is 29.2 Å². The van der Waals surface area contributed by atoms with E-state index in [1.807, 2.05) is 6.92 Å². The Morgan fingerprint density at radius 3 is 2.25 bits per heavy atom. The van der Waals surface area contributed by atoms with Crippen LogP contribution in [0, 0.1) is 6.92 Å². The quantitative estimate of drug-likeness (QED) is 0.907. The fourth-order valence-corrected chi connectivity index (χ4v) is 1.88. The minimum absolute atomic E-state index is 0.139. The highest BCUT2D eigenvalue weighted by molar-refractivity contribution is 6.31. The van der Waals surface area contributed by atoms with E-state index in [-0.39, 0.29) is 11.5 Å². The van der Waals surface area contributed by atoms with E-state index in [1.165, 1.54) is 24.3 Å². The van der Waals surface area contributed by atoms with Gasteiger partial charge in [-0.3, -0.25) is 4.79 Å². The SMILES string of the molecule is Cc1c(Cl)cccc1NC(=O)c1ccc(C(=O)O)cc1. The number of amides is 1. The smallest absolute Gasteiger partial charge is 0.335 e. The topological polar surface area (TPSA) is 66.4 Å². The summed E-state index contributed by atoms with van der Waals surface area (Å²) in [7, 11) is 0. The molecule has 0 aliphatic heterocycles. The molecule has 0 atom stereocenters. The Bertz CT molecular complexity index is 665. The van der Waals surface area contributed by atoms with Crippen LogP contribution in [0.1, 0.15) is 26.3 Å². The molecule has 4 nitrogen and oxygen atoms in total. The summed E-state index contributed by atoms with van der Waals surface area (Å²) in [5.74, 6) is -1.34. The lowest BCUT2D eigenvalue weighted by Crippen LogP contribution is -2.13. The molecule has 102 valence electrons. The first-order valence-corrected chi connectivity index (χ1v) is 6.26. The molecule has 0 aliphatic carbocycles. The Morgan fingerprint density at radius 2 is 1.65 bits per heavy atom.